The van der Waals surface area contributed by atoms with Crippen molar-refractivity contribution in [3.05, 3.63) is 47.7 Å². The monoisotopic (exact) mass is 438 g/mol. The number of aromatic nitrogens is 4. The molecule has 2 aromatic heterocycles. The van der Waals surface area contributed by atoms with Gasteiger partial charge in [-0.15, -0.1) is 5.10 Å². The molecular formula is C20H18F4N4O3. The number of halogens is 4. The van der Waals surface area contributed by atoms with Crippen molar-refractivity contribution in [3.63, 3.8) is 0 Å². The van der Waals surface area contributed by atoms with Gasteiger partial charge in [-0.2, -0.15) is 13.2 Å². The van der Waals surface area contributed by atoms with Gasteiger partial charge in [0.1, 0.15) is 12.4 Å². The number of H-pyrrole nitrogens is 1. The van der Waals surface area contributed by atoms with Gasteiger partial charge in [-0.3, -0.25) is 9.89 Å². The number of aromatic amines is 1. The number of aliphatic carboxylic acids is 1. The molecular weight excluding hydrogens is 420 g/mol. The number of nitrogens with zero attached hydrogens (tertiary/aromatic N) is 3. The summed E-state index contributed by atoms with van der Waals surface area (Å²) >= 11 is 0. The average molecular weight is 438 g/mol. The number of alkyl halides is 3. The van der Waals surface area contributed by atoms with Crippen LogP contribution in [0.3, 0.4) is 0 Å². The van der Waals surface area contributed by atoms with E-state index in [0.29, 0.717) is 16.7 Å². The predicted octanol–water partition coefficient (Wildman–Crippen LogP) is 4.49. The quantitative estimate of drug-likeness (QED) is 0.550. The van der Waals surface area contributed by atoms with Crippen molar-refractivity contribution < 1.29 is 32.2 Å². The average Bonchev–Trinajstić information content (AvgIpc) is 3.16. The Labute approximate surface area is 174 Å². The van der Waals surface area contributed by atoms with E-state index in [-0.39, 0.29) is 23.9 Å². The lowest BCUT2D eigenvalue weighted by molar-refractivity contribution is -0.148. The van der Waals surface area contributed by atoms with Gasteiger partial charge in [0.05, 0.1) is 11.0 Å². The van der Waals surface area contributed by atoms with Gasteiger partial charge in [0.15, 0.2) is 5.82 Å². The van der Waals surface area contributed by atoms with Gasteiger partial charge >= 0.3 is 12.1 Å². The summed E-state index contributed by atoms with van der Waals surface area (Å²) in [6.07, 6.45) is -3.29. The van der Waals surface area contributed by atoms with E-state index in [4.69, 9.17) is 9.84 Å². The van der Waals surface area contributed by atoms with Crippen molar-refractivity contribution in [3.8, 4) is 28.4 Å². The van der Waals surface area contributed by atoms with Crippen LogP contribution in [0.15, 0.2) is 30.5 Å². The number of rotatable bonds is 6. The fourth-order valence-electron chi connectivity index (χ4n) is 2.61. The minimum atomic E-state index is -4.74. The molecule has 11 heteroatoms. The third-order valence-corrected chi connectivity index (χ3v) is 4.52. The van der Waals surface area contributed by atoms with Crippen molar-refractivity contribution in [2.24, 2.45) is 5.41 Å². The van der Waals surface area contributed by atoms with E-state index >= 15 is 0 Å². The molecule has 0 atom stereocenters. The number of carbonyl (C=O) groups is 1. The Balaban J connectivity index is 1.83. The SMILES string of the molecule is Cc1cc(OCC(C)(C)C(=O)O)ncc1-c1ccc(-c2nc(C(F)(F)F)n[nH]2)c(F)c1. The van der Waals surface area contributed by atoms with Crippen molar-refractivity contribution >= 4 is 5.97 Å². The number of benzene rings is 1. The lowest BCUT2D eigenvalue weighted by atomic mass is 9.95. The van der Waals surface area contributed by atoms with Gasteiger partial charge in [0.2, 0.25) is 5.88 Å². The van der Waals surface area contributed by atoms with Crippen molar-refractivity contribution in [1.29, 1.82) is 0 Å². The van der Waals surface area contributed by atoms with Crippen LogP contribution in [0.5, 0.6) is 5.88 Å². The molecule has 0 bridgehead atoms. The highest BCUT2D eigenvalue weighted by atomic mass is 19.4. The zero-order chi connectivity index (χ0) is 23.0. The third kappa shape index (κ3) is 4.81. The lowest BCUT2D eigenvalue weighted by Gasteiger charge is -2.19. The normalized spacial score (nSPS) is 12.1. The molecule has 7 nitrogen and oxygen atoms in total. The summed E-state index contributed by atoms with van der Waals surface area (Å²) in [5.74, 6) is -3.30. The summed E-state index contributed by atoms with van der Waals surface area (Å²) < 4.78 is 58.0. The maximum absolute atomic E-state index is 14.6. The summed E-state index contributed by atoms with van der Waals surface area (Å²) in [5, 5.41) is 14.3. The Bertz CT molecular complexity index is 1130. The fraction of sp³-hybridized carbons (Fsp3) is 0.300. The molecule has 0 saturated carbocycles. The van der Waals surface area contributed by atoms with Gasteiger partial charge in [-0.25, -0.2) is 14.4 Å². The van der Waals surface area contributed by atoms with Crippen LogP contribution in [-0.4, -0.2) is 37.8 Å². The zero-order valence-corrected chi connectivity index (χ0v) is 16.7. The molecule has 2 heterocycles. The molecule has 0 fully saturated rings. The Kier molecular flexibility index (Phi) is 5.70. The van der Waals surface area contributed by atoms with Crippen LogP contribution in [0.4, 0.5) is 17.6 Å². The second kappa shape index (κ2) is 7.97. The van der Waals surface area contributed by atoms with E-state index in [1.165, 1.54) is 32.2 Å². The Hall–Kier alpha value is -3.50. The van der Waals surface area contributed by atoms with E-state index in [0.717, 1.165) is 6.07 Å². The minimum absolute atomic E-state index is 0.0887. The Morgan fingerprint density at radius 2 is 1.90 bits per heavy atom. The van der Waals surface area contributed by atoms with E-state index in [1.807, 2.05) is 0 Å². The number of hydrogen-bond donors (Lipinski definition) is 2. The summed E-state index contributed by atoms with van der Waals surface area (Å²) in [4.78, 5) is 18.6. The molecule has 0 aliphatic carbocycles. The molecule has 0 radical (unpaired) electrons. The van der Waals surface area contributed by atoms with Crippen LogP contribution < -0.4 is 4.74 Å². The van der Waals surface area contributed by atoms with Gasteiger partial charge < -0.3 is 9.84 Å². The van der Waals surface area contributed by atoms with Gasteiger partial charge in [0, 0.05) is 17.8 Å². The molecule has 31 heavy (non-hydrogen) atoms. The molecule has 164 valence electrons. The van der Waals surface area contributed by atoms with Crippen molar-refractivity contribution in [2.45, 2.75) is 26.9 Å². The zero-order valence-electron chi connectivity index (χ0n) is 16.7. The smallest absolute Gasteiger partial charge is 0.453 e. The highest BCUT2D eigenvalue weighted by Crippen LogP contribution is 2.31. The largest absolute Gasteiger partial charge is 0.481 e. The number of nitrogens with one attached hydrogen (secondary N) is 1. The third-order valence-electron chi connectivity index (χ3n) is 4.52. The molecule has 0 amide bonds. The highest BCUT2D eigenvalue weighted by Gasteiger charge is 2.36. The Morgan fingerprint density at radius 1 is 1.19 bits per heavy atom. The topological polar surface area (TPSA) is 101 Å². The number of aryl methyl sites for hydroxylation is 1. The van der Waals surface area contributed by atoms with Gasteiger partial charge in [-0.05, 0) is 44.0 Å². The first-order valence-corrected chi connectivity index (χ1v) is 9.01. The number of ether oxygens (including phenoxy) is 1. The second-order valence-corrected chi connectivity index (χ2v) is 7.52. The first-order valence-electron chi connectivity index (χ1n) is 9.01. The van der Waals surface area contributed by atoms with Crippen LogP contribution in [0, 0.1) is 18.2 Å². The maximum atomic E-state index is 14.6. The summed E-state index contributed by atoms with van der Waals surface area (Å²) in [5.41, 5.74) is 0.445. The van der Waals surface area contributed by atoms with E-state index < -0.39 is 29.2 Å². The van der Waals surface area contributed by atoms with Crippen molar-refractivity contribution in [2.75, 3.05) is 6.61 Å². The molecule has 1 aromatic carbocycles. The summed E-state index contributed by atoms with van der Waals surface area (Å²) in [7, 11) is 0. The number of carboxylic acid groups (broad SMARTS) is 1. The number of hydrogen-bond acceptors (Lipinski definition) is 5. The van der Waals surface area contributed by atoms with Crippen LogP contribution in [0.25, 0.3) is 22.5 Å². The fourth-order valence-corrected chi connectivity index (χ4v) is 2.61. The first kappa shape index (κ1) is 22.2. The summed E-state index contributed by atoms with van der Waals surface area (Å²) in [6, 6.07) is 5.56. The van der Waals surface area contributed by atoms with E-state index in [1.54, 1.807) is 13.0 Å². The molecule has 0 unspecified atom stereocenters. The maximum Gasteiger partial charge on any atom is 0.453 e. The second-order valence-electron chi connectivity index (χ2n) is 7.52. The lowest BCUT2D eigenvalue weighted by Crippen LogP contribution is -2.30. The van der Waals surface area contributed by atoms with Crippen LogP contribution in [0.1, 0.15) is 25.2 Å². The number of carboxylic acids is 1. The standard InChI is InChI=1S/C20H18F4N4O3/c1-10-6-15(31-9-19(2,3)18(29)30)25-8-13(10)11-4-5-12(14(21)7-11)16-26-17(28-27-16)20(22,23)24/h4-8H,9H2,1-3H3,(H,29,30)(H,26,27,28). The summed E-state index contributed by atoms with van der Waals surface area (Å²) in [6.45, 7) is 4.69. The molecule has 3 rings (SSSR count). The molecule has 0 spiro atoms. The molecule has 0 aliphatic heterocycles. The molecule has 0 aliphatic rings. The van der Waals surface area contributed by atoms with Crippen molar-refractivity contribution in [1.82, 2.24) is 20.2 Å². The Morgan fingerprint density at radius 3 is 2.45 bits per heavy atom. The molecule has 2 N–H and O–H groups in total. The first-order chi connectivity index (χ1) is 14.4. The van der Waals surface area contributed by atoms with Gasteiger partial charge in [0.25, 0.3) is 5.82 Å². The van der Waals surface area contributed by atoms with E-state index in [2.05, 4.69) is 20.2 Å². The van der Waals surface area contributed by atoms with Crippen LogP contribution >= 0.6 is 0 Å². The molecule has 0 saturated heterocycles. The highest BCUT2D eigenvalue weighted by molar-refractivity contribution is 5.74. The number of pyridine rings is 1. The minimum Gasteiger partial charge on any atom is -0.481 e. The van der Waals surface area contributed by atoms with Crippen LogP contribution in [0.2, 0.25) is 0 Å². The van der Waals surface area contributed by atoms with Gasteiger partial charge in [-0.1, -0.05) is 6.07 Å². The van der Waals surface area contributed by atoms with Crippen LogP contribution in [-0.2, 0) is 11.0 Å². The van der Waals surface area contributed by atoms with E-state index in [9.17, 15) is 22.4 Å². The molecule has 3 aromatic rings. The predicted molar refractivity (Wildman–Crippen MR) is 102 cm³/mol.